The molecule has 4 rings (SSSR count). The minimum atomic E-state index is -0.979. The Hall–Kier alpha value is -1.71. The van der Waals surface area contributed by atoms with Crippen LogP contribution in [0, 0.1) is 34.5 Å². The van der Waals surface area contributed by atoms with Crippen molar-refractivity contribution in [2.75, 3.05) is 0 Å². The van der Waals surface area contributed by atoms with E-state index >= 15 is 0 Å². The lowest BCUT2D eigenvalue weighted by Gasteiger charge is -2.59. The predicted octanol–water partition coefficient (Wildman–Crippen LogP) is 4.43. The number of allylic oxidation sites excluding steroid dienone is 4. The van der Waals surface area contributed by atoms with E-state index in [-0.39, 0.29) is 28.4 Å². The topological polar surface area (TPSA) is 60.4 Å². The van der Waals surface area contributed by atoms with Gasteiger partial charge in [0.2, 0.25) is 0 Å². The number of rotatable bonds is 2. The summed E-state index contributed by atoms with van der Waals surface area (Å²) in [5, 5.41) is 0. The Bertz CT molecular complexity index is 807. The molecule has 0 bridgehead atoms. The Labute approximate surface area is 167 Å². The summed E-state index contributed by atoms with van der Waals surface area (Å²) in [5.41, 5.74) is -0.0919. The zero-order valence-corrected chi connectivity index (χ0v) is 17.7. The minimum Gasteiger partial charge on any atom is -0.451 e. The fourth-order valence-electron chi connectivity index (χ4n) is 7.68. The van der Waals surface area contributed by atoms with Crippen LogP contribution in [0.3, 0.4) is 0 Å². The first-order chi connectivity index (χ1) is 13.0. The molecule has 0 aliphatic heterocycles. The Morgan fingerprint density at radius 2 is 1.79 bits per heavy atom. The van der Waals surface area contributed by atoms with Gasteiger partial charge in [-0.05, 0) is 74.9 Å². The molecule has 0 heterocycles. The van der Waals surface area contributed by atoms with Crippen molar-refractivity contribution >= 4 is 17.5 Å². The Kier molecular flexibility index (Phi) is 4.30. The lowest BCUT2D eigenvalue weighted by atomic mass is 9.45. The third-order valence-corrected chi connectivity index (χ3v) is 8.88. The van der Waals surface area contributed by atoms with Gasteiger partial charge in [0.05, 0.1) is 0 Å². The van der Waals surface area contributed by atoms with Crippen LogP contribution in [0.1, 0.15) is 66.7 Å². The SMILES string of the molecule is CC(=O)O[C@]1(C(C)=O)CC[C@@H]2[C@@H]3C[C@H](C)C4=CC(=O)C=C[C@]4(C)[C@H]3CC[C@]21C. The van der Waals surface area contributed by atoms with E-state index in [0.717, 1.165) is 25.7 Å². The zero-order valence-electron chi connectivity index (χ0n) is 17.7. The third kappa shape index (κ3) is 2.39. The summed E-state index contributed by atoms with van der Waals surface area (Å²) in [4.78, 5) is 36.7. The van der Waals surface area contributed by atoms with E-state index in [4.69, 9.17) is 4.74 Å². The summed E-state index contributed by atoms with van der Waals surface area (Å²) in [6.45, 7) is 9.71. The quantitative estimate of drug-likeness (QED) is 0.661. The Morgan fingerprint density at radius 3 is 2.43 bits per heavy atom. The summed E-state index contributed by atoms with van der Waals surface area (Å²) < 4.78 is 5.83. The molecule has 0 N–H and O–H groups in total. The highest BCUT2D eigenvalue weighted by atomic mass is 16.6. The molecule has 0 unspecified atom stereocenters. The summed E-state index contributed by atoms with van der Waals surface area (Å²) in [6.07, 6.45) is 10.2. The van der Waals surface area contributed by atoms with E-state index in [1.54, 1.807) is 13.0 Å². The molecule has 152 valence electrons. The van der Waals surface area contributed by atoms with Crippen LogP contribution in [0.25, 0.3) is 0 Å². The normalized spacial score (nSPS) is 46.9. The molecule has 3 saturated carbocycles. The maximum absolute atomic E-state index is 12.8. The molecule has 0 saturated heterocycles. The van der Waals surface area contributed by atoms with E-state index in [1.807, 2.05) is 6.08 Å². The van der Waals surface area contributed by atoms with Crippen LogP contribution in [0.5, 0.6) is 0 Å². The Balaban J connectivity index is 1.75. The Morgan fingerprint density at radius 1 is 1.11 bits per heavy atom. The number of Topliss-reactive ketones (excluding diaryl/α,β-unsaturated/α-hetero) is 1. The van der Waals surface area contributed by atoms with E-state index in [0.29, 0.717) is 30.1 Å². The van der Waals surface area contributed by atoms with E-state index in [9.17, 15) is 14.4 Å². The van der Waals surface area contributed by atoms with Crippen molar-refractivity contribution in [1.29, 1.82) is 0 Å². The minimum absolute atomic E-state index is 0.00929. The van der Waals surface area contributed by atoms with Crippen LogP contribution in [0.4, 0.5) is 0 Å². The number of hydrogen-bond donors (Lipinski definition) is 0. The van der Waals surface area contributed by atoms with Crippen LogP contribution in [0.2, 0.25) is 0 Å². The van der Waals surface area contributed by atoms with Crippen LogP contribution in [0.15, 0.2) is 23.8 Å². The molecule has 0 radical (unpaired) electrons. The molecule has 3 fully saturated rings. The molecule has 0 aromatic carbocycles. The number of fused-ring (bicyclic) bond motifs is 5. The second-order valence-corrected chi connectivity index (χ2v) is 10.1. The number of carbonyl (C=O) groups is 3. The first-order valence-corrected chi connectivity index (χ1v) is 10.7. The predicted molar refractivity (Wildman–Crippen MR) is 106 cm³/mol. The molecule has 0 spiro atoms. The first-order valence-electron chi connectivity index (χ1n) is 10.7. The van der Waals surface area contributed by atoms with Gasteiger partial charge in [0, 0.05) is 17.8 Å². The molecule has 0 aromatic heterocycles. The number of carbonyl (C=O) groups excluding carboxylic acids is 3. The highest BCUT2D eigenvalue weighted by Gasteiger charge is 2.68. The van der Waals surface area contributed by atoms with Gasteiger partial charge in [-0.1, -0.05) is 32.4 Å². The van der Waals surface area contributed by atoms with Gasteiger partial charge in [-0.15, -0.1) is 0 Å². The average Bonchev–Trinajstić information content (AvgIpc) is 2.90. The number of hydrogen-bond acceptors (Lipinski definition) is 4. The third-order valence-electron chi connectivity index (χ3n) is 8.88. The molecule has 7 atom stereocenters. The van der Waals surface area contributed by atoms with Crippen molar-refractivity contribution in [1.82, 2.24) is 0 Å². The lowest BCUT2D eigenvalue weighted by molar-refractivity contribution is -0.186. The van der Waals surface area contributed by atoms with E-state index in [2.05, 4.69) is 26.8 Å². The van der Waals surface area contributed by atoms with Crippen molar-refractivity contribution < 1.29 is 19.1 Å². The van der Waals surface area contributed by atoms with E-state index in [1.165, 1.54) is 12.5 Å². The van der Waals surface area contributed by atoms with Crippen LogP contribution in [-0.2, 0) is 19.1 Å². The highest BCUT2D eigenvalue weighted by Crippen LogP contribution is 2.68. The molecule has 4 nitrogen and oxygen atoms in total. The lowest BCUT2D eigenvalue weighted by Crippen LogP contribution is -2.59. The second-order valence-electron chi connectivity index (χ2n) is 10.1. The van der Waals surface area contributed by atoms with E-state index < -0.39 is 5.60 Å². The first kappa shape index (κ1) is 19.6. The van der Waals surface area contributed by atoms with Gasteiger partial charge < -0.3 is 4.74 Å². The highest BCUT2D eigenvalue weighted by molar-refractivity contribution is 6.01. The maximum Gasteiger partial charge on any atom is 0.303 e. The second kappa shape index (κ2) is 6.14. The molecular formula is C24H32O4. The summed E-state index contributed by atoms with van der Waals surface area (Å²) in [5.74, 6) is 1.39. The van der Waals surface area contributed by atoms with Crippen molar-refractivity contribution in [3.63, 3.8) is 0 Å². The van der Waals surface area contributed by atoms with Gasteiger partial charge in [0.1, 0.15) is 0 Å². The summed E-state index contributed by atoms with van der Waals surface area (Å²) in [7, 11) is 0. The average molecular weight is 385 g/mol. The van der Waals surface area contributed by atoms with Crippen molar-refractivity contribution in [2.24, 2.45) is 34.5 Å². The van der Waals surface area contributed by atoms with Gasteiger partial charge >= 0.3 is 5.97 Å². The molecule has 0 aromatic rings. The zero-order chi connectivity index (χ0) is 20.5. The van der Waals surface area contributed by atoms with Crippen molar-refractivity contribution in [3.05, 3.63) is 23.8 Å². The maximum atomic E-state index is 12.8. The number of ketones is 2. The molecule has 0 amide bonds. The molecular weight excluding hydrogens is 352 g/mol. The summed E-state index contributed by atoms with van der Waals surface area (Å²) in [6, 6.07) is 0. The molecule has 4 aliphatic carbocycles. The summed E-state index contributed by atoms with van der Waals surface area (Å²) >= 11 is 0. The van der Waals surface area contributed by atoms with Gasteiger partial charge in [0.15, 0.2) is 17.2 Å². The standard InChI is InChI=1S/C24H32O4/c1-14-12-18-19(22(4)9-6-17(27)13-21(14)22)7-10-23(5)20(18)8-11-24(23,15(2)25)28-16(3)26/h6,9,13-14,18-20H,7-8,10-12H2,1-5H3/t14-,18+,19-,20+,22+,23+,24-/m0/s1. The van der Waals surface area contributed by atoms with Gasteiger partial charge in [-0.2, -0.15) is 0 Å². The van der Waals surface area contributed by atoms with Crippen LogP contribution in [-0.4, -0.2) is 23.1 Å². The van der Waals surface area contributed by atoms with Gasteiger partial charge in [-0.25, -0.2) is 0 Å². The van der Waals surface area contributed by atoms with Gasteiger partial charge in [0.25, 0.3) is 0 Å². The van der Waals surface area contributed by atoms with Crippen LogP contribution >= 0.6 is 0 Å². The fourth-order valence-corrected chi connectivity index (χ4v) is 7.68. The fraction of sp³-hybridized carbons (Fsp3) is 0.708. The van der Waals surface area contributed by atoms with Crippen LogP contribution < -0.4 is 0 Å². The van der Waals surface area contributed by atoms with Gasteiger partial charge in [-0.3, -0.25) is 14.4 Å². The number of ether oxygens (including phenoxy) is 1. The van der Waals surface area contributed by atoms with Crippen molar-refractivity contribution in [2.45, 2.75) is 72.3 Å². The number of esters is 1. The molecule has 4 heteroatoms. The molecule has 28 heavy (non-hydrogen) atoms. The largest absolute Gasteiger partial charge is 0.451 e. The smallest absolute Gasteiger partial charge is 0.303 e. The molecule has 4 aliphatic rings. The van der Waals surface area contributed by atoms with Crippen molar-refractivity contribution in [3.8, 4) is 0 Å². The monoisotopic (exact) mass is 384 g/mol.